The summed E-state index contributed by atoms with van der Waals surface area (Å²) in [6.07, 6.45) is 1.40. The van der Waals surface area contributed by atoms with E-state index in [0.717, 1.165) is 13.7 Å². The molecular formula is C11H7BrIN3O2. The van der Waals surface area contributed by atoms with Gasteiger partial charge >= 0.3 is 5.82 Å². The van der Waals surface area contributed by atoms with Crippen molar-refractivity contribution in [2.45, 2.75) is 0 Å². The topological polar surface area (TPSA) is 68.1 Å². The van der Waals surface area contributed by atoms with Crippen molar-refractivity contribution in [1.82, 2.24) is 4.98 Å². The molecule has 0 aliphatic carbocycles. The molecule has 0 radical (unpaired) electrons. The molecule has 5 nitrogen and oxygen atoms in total. The van der Waals surface area contributed by atoms with Gasteiger partial charge in [-0.2, -0.15) is 0 Å². The van der Waals surface area contributed by atoms with Crippen LogP contribution in [0.3, 0.4) is 0 Å². The first kappa shape index (κ1) is 13.2. The molecule has 0 amide bonds. The van der Waals surface area contributed by atoms with Crippen molar-refractivity contribution in [1.29, 1.82) is 0 Å². The molecular weight excluding hydrogens is 413 g/mol. The fourth-order valence-electron chi connectivity index (χ4n) is 1.38. The number of rotatable bonds is 3. The smallest absolute Gasteiger partial charge is 0.358 e. The maximum Gasteiger partial charge on any atom is 0.387 e. The predicted molar refractivity (Wildman–Crippen MR) is 81.0 cm³/mol. The molecule has 1 heterocycles. The highest BCUT2D eigenvalue weighted by atomic mass is 127. The average molecular weight is 420 g/mol. The van der Waals surface area contributed by atoms with Gasteiger partial charge in [0.15, 0.2) is 0 Å². The van der Waals surface area contributed by atoms with Gasteiger partial charge in [0.1, 0.15) is 11.9 Å². The first-order valence-corrected chi connectivity index (χ1v) is 6.76. The minimum absolute atomic E-state index is 0.192. The summed E-state index contributed by atoms with van der Waals surface area (Å²) in [5, 5.41) is 13.8. The first-order valence-electron chi connectivity index (χ1n) is 4.89. The van der Waals surface area contributed by atoms with Crippen LogP contribution in [0.4, 0.5) is 17.2 Å². The lowest BCUT2D eigenvalue weighted by Crippen LogP contribution is -1.99. The van der Waals surface area contributed by atoms with E-state index in [2.05, 4.69) is 48.8 Å². The Morgan fingerprint density at radius 2 is 2.11 bits per heavy atom. The number of nitrogens with one attached hydrogen (secondary N) is 1. The Kier molecular flexibility index (Phi) is 4.12. The second-order valence-corrected chi connectivity index (χ2v) is 5.48. The molecule has 0 fully saturated rings. The van der Waals surface area contributed by atoms with E-state index in [-0.39, 0.29) is 5.82 Å². The maximum absolute atomic E-state index is 10.8. The van der Waals surface area contributed by atoms with Crippen molar-refractivity contribution in [3.05, 3.63) is 54.7 Å². The third-order valence-corrected chi connectivity index (χ3v) is 3.49. The Labute approximate surface area is 125 Å². The normalized spacial score (nSPS) is 10.1. The molecule has 0 aliphatic rings. The standard InChI is InChI=1S/C11H7BrIN3O2/c12-8-6-7(13)3-4-9(8)15-10-2-1-5-14-11(10)16(17)18/h1-6,15H. The molecule has 1 aromatic carbocycles. The molecule has 0 bridgehead atoms. The Hall–Kier alpha value is -1.22. The molecule has 1 N–H and O–H groups in total. The first-order chi connectivity index (χ1) is 8.58. The van der Waals surface area contributed by atoms with E-state index in [1.165, 1.54) is 6.20 Å². The zero-order valence-electron chi connectivity index (χ0n) is 8.93. The highest BCUT2D eigenvalue weighted by molar-refractivity contribution is 14.1. The van der Waals surface area contributed by atoms with Gasteiger partial charge in [-0.25, -0.2) is 0 Å². The Morgan fingerprint density at radius 1 is 1.33 bits per heavy atom. The van der Waals surface area contributed by atoms with Gasteiger partial charge in [-0.1, -0.05) is 0 Å². The summed E-state index contributed by atoms with van der Waals surface area (Å²) in [5.41, 5.74) is 1.12. The number of halogens is 2. The second-order valence-electron chi connectivity index (χ2n) is 3.38. The molecule has 0 spiro atoms. The number of pyridine rings is 1. The van der Waals surface area contributed by atoms with Gasteiger partial charge in [0.2, 0.25) is 0 Å². The van der Waals surface area contributed by atoms with Crippen LogP contribution < -0.4 is 5.32 Å². The van der Waals surface area contributed by atoms with E-state index in [1.807, 2.05) is 18.2 Å². The lowest BCUT2D eigenvalue weighted by molar-refractivity contribution is -0.388. The second kappa shape index (κ2) is 5.61. The van der Waals surface area contributed by atoms with Crippen molar-refractivity contribution >= 4 is 55.7 Å². The van der Waals surface area contributed by atoms with E-state index >= 15 is 0 Å². The van der Waals surface area contributed by atoms with Gasteiger partial charge in [0.25, 0.3) is 0 Å². The van der Waals surface area contributed by atoms with E-state index in [0.29, 0.717) is 5.69 Å². The number of nitro groups is 1. The Balaban J connectivity index is 2.37. The van der Waals surface area contributed by atoms with Crippen LogP contribution in [0, 0.1) is 13.7 Å². The van der Waals surface area contributed by atoms with E-state index in [4.69, 9.17) is 0 Å². The minimum atomic E-state index is -0.511. The van der Waals surface area contributed by atoms with Gasteiger partial charge in [-0.15, -0.1) is 0 Å². The molecule has 0 saturated carbocycles. The number of anilines is 2. The zero-order valence-corrected chi connectivity index (χ0v) is 12.7. The van der Waals surface area contributed by atoms with Gasteiger partial charge in [0, 0.05) is 8.04 Å². The van der Waals surface area contributed by atoms with Crippen LogP contribution in [-0.2, 0) is 0 Å². The van der Waals surface area contributed by atoms with E-state index < -0.39 is 4.92 Å². The van der Waals surface area contributed by atoms with Crippen molar-refractivity contribution in [3.63, 3.8) is 0 Å². The van der Waals surface area contributed by atoms with Gasteiger partial charge in [-0.05, 0) is 78.8 Å². The summed E-state index contributed by atoms with van der Waals surface area (Å²) < 4.78 is 1.92. The minimum Gasteiger partial charge on any atom is -0.358 e. The third-order valence-electron chi connectivity index (χ3n) is 2.16. The van der Waals surface area contributed by atoms with Crippen LogP contribution in [0.1, 0.15) is 0 Å². The summed E-state index contributed by atoms with van der Waals surface area (Å²) in [6.45, 7) is 0. The number of hydrogen-bond donors (Lipinski definition) is 1. The number of nitrogens with zero attached hydrogens (tertiary/aromatic N) is 2. The molecule has 2 rings (SSSR count). The summed E-state index contributed by atoms with van der Waals surface area (Å²) >= 11 is 5.60. The highest BCUT2D eigenvalue weighted by Crippen LogP contribution is 2.30. The van der Waals surface area contributed by atoms with Crippen LogP contribution in [0.25, 0.3) is 0 Å². The Bertz CT molecular complexity index is 607. The van der Waals surface area contributed by atoms with Crippen molar-refractivity contribution in [3.8, 4) is 0 Å². The van der Waals surface area contributed by atoms with Crippen molar-refractivity contribution < 1.29 is 4.92 Å². The summed E-state index contributed by atoms with van der Waals surface area (Å²) in [7, 11) is 0. The van der Waals surface area contributed by atoms with Crippen LogP contribution in [-0.4, -0.2) is 9.91 Å². The number of aromatic nitrogens is 1. The molecule has 0 saturated heterocycles. The fourth-order valence-corrected chi connectivity index (χ4v) is 2.77. The molecule has 2 aromatic rings. The van der Waals surface area contributed by atoms with Gasteiger partial charge in [0.05, 0.1) is 5.69 Å². The van der Waals surface area contributed by atoms with E-state index in [9.17, 15) is 10.1 Å². The van der Waals surface area contributed by atoms with E-state index in [1.54, 1.807) is 12.1 Å². The van der Waals surface area contributed by atoms with Crippen LogP contribution >= 0.6 is 38.5 Å². The maximum atomic E-state index is 10.8. The molecule has 0 atom stereocenters. The SMILES string of the molecule is O=[N+]([O-])c1ncccc1Nc1ccc(I)cc1Br. The molecule has 7 heteroatoms. The highest BCUT2D eigenvalue weighted by Gasteiger charge is 2.14. The fraction of sp³-hybridized carbons (Fsp3) is 0. The molecule has 0 aliphatic heterocycles. The van der Waals surface area contributed by atoms with Crippen LogP contribution in [0.15, 0.2) is 41.0 Å². The van der Waals surface area contributed by atoms with Crippen molar-refractivity contribution in [2.24, 2.45) is 0 Å². The summed E-state index contributed by atoms with van der Waals surface area (Å²) in [5.74, 6) is -0.192. The zero-order chi connectivity index (χ0) is 13.1. The largest absolute Gasteiger partial charge is 0.387 e. The average Bonchev–Trinajstić information content (AvgIpc) is 2.33. The number of hydrogen-bond acceptors (Lipinski definition) is 4. The lowest BCUT2D eigenvalue weighted by Gasteiger charge is -2.08. The van der Waals surface area contributed by atoms with Gasteiger partial charge < -0.3 is 15.4 Å². The van der Waals surface area contributed by atoms with Crippen molar-refractivity contribution in [2.75, 3.05) is 5.32 Å². The van der Waals surface area contributed by atoms with Crippen LogP contribution in [0.5, 0.6) is 0 Å². The lowest BCUT2D eigenvalue weighted by atomic mass is 10.3. The van der Waals surface area contributed by atoms with Crippen LogP contribution in [0.2, 0.25) is 0 Å². The summed E-state index contributed by atoms with van der Waals surface area (Å²) in [6, 6.07) is 8.95. The predicted octanol–water partition coefficient (Wildman–Crippen LogP) is 4.10. The monoisotopic (exact) mass is 419 g/mol. The molecule has 18 heavy (non-hydrogen) atoms. The third kappa shape index (κ3) is 2.96. The van der Waals surface area contributed by atoms with Gasteiger partial charge in [-0.3, -0.25) is 0 Å². The quantitative estimate of drug-likeness (QED) is 0.462. The summed E-state index contributed by atoms with van der Waals surface area (Å²) in [4.78, 5) is 14.1. The molecule has 0 unspecified atom stereocenters. The Morgan fingerprint density at radius 3 is 2.78 bits per heavy atom. The molecule has 92 valence electrons. The number of benzene rings is 1. The molecule has 1 aromatic heterocycles.